The van der Waals surface area contributed by atoms with Crippen LogP contribution in [0, 0.1) is 6.92 Å². The molecule has 9 heteroatoms. The third kappa shape index (κ3) is 5.71. The summed E-state index contributed by atoms with van der Waals surface area (Å²) in [5, 5.41) is 14.8. The van der Waals surface area contributed by atoms with E-state index in [0.29, 0.717) is 11.4 Å². The summed E-state index contributed by atoms with van der Waals surface area (Å²) in [6.45, 7) is 7.08. The van der Waals surface area contributed by atoms with Gasteiger partial charge in [0.1, 0.15) is 11.3 Å². The molecule has 0 fully saturated rings. The van der Waals surface area contributed by atoms with E-state index < -0.39 is 23.6 Å². The summed E-state index contributed by atoms with van der Waals surface area (Å²) < 4.78 is 10.0. The normalized spacial score (nSPS) is 14.1. The Labute approximate surface area is 169 Å². The maximum atomic E-state index is 12.6. The van der Waals surface area contributed by atoms with E-state index in [0.717, 1.165) is 5.56 Å². The number of amides is 2. The van der Waals surface area contributed by atoms with Crippen LogP contribution in [-0.2, 0) is 19.1 Å². The molecule has 0 radical (unpaired) electrons. The van der Waals surface area contributed by atoms with Crippen LogP contribution in [0.4, 0.5) is 16.2 Å². The third-order valence-electron chi connectivity index (χ3n) is 4.08. The summed E-state index contributed by atoms with van der Waals surface area (Å²) in [5.74, 6) is -1.01. The van der Waals surface area contributed by atoms with Gasteiger partial charge in [0.25, 0.3) is 5.91 Å². The van der Waals surface area contributed by atoms with E-state index in [-0.39, 0.29) is 31.0 Å². The van der Waals surface area contributed by atoms with Gasteiger partial charge in [0.15, 0.2) is 0 Å². The zero-order valence-electron chi connectivity index (χ0n) is 17.3. The van der Waals surface area contributed by atoms with Gasteiger partial charge in [-0.2, -0.15) is 0 Å². The Balaban J connectivity index is 2.20. The quantitative estimate of drug-likeness (QED) is 0.620. The van der Waals surface area contributed by atoms with Crippen LogP contribution in [0.5, 0.6) is 0 Å². The first-order valence-corrected chi connectivity index (χ1v) is 9.15. The average Bonchev–Trinajstić information content (AvgIpc) is 2.92. The summed E-state index contributed by atoms with van der Waals surface area (Å²) >= 11 is 0. The molecular formula is C20H27N3O6. The number of β-amino-alcohol motifs (C(OH)–C–C–N with tert-alkyl or cyclic N) is 1. The highest BCUT2D eigenvalue weighted by atomic mass is 16.6. The number of hydrogen-bond acceptors (Lipinski definition) is 7. The highest BCUT2D eigenvalue weighted by Crippen LogP contribution is 2.26. The fourth-order valence-electron chi connectivity index (χ4n) is 2.79. The van der Waals surface area contributed by atoms with Gasteiger partial charge >= 0.3 is 12.1 Å². The van der Waals surface area contributed by atoms with Gasteiger partial charge in [0, 0.05) is 17.9 Å². The van der Waals surface area contributed by atoms with Gasteiger partial charge in [0.2, 0.25) is 0 Å². The molecule has 1 aromatic carbocycles. The molecule has 0 aromatic heterocycles. The van der Waals surface area contributed by atoms with Gasteiger partial charge < -0.3 is 24.8 Å². The minimum atomic E-state index is -0.612. The molecule has 1 aliphatic heterocycles. The van der Waals surface area contributed by atoms with Crippen LogP contribution in [0.25, 0.3) is 0 Å². The molecule has 2 amide bonds. The molecule has 1 heterocycles. The molecule has 0 atom stereocenters. The van der Waals surface area contributed by atoms with Gasteiger partial charge in [-0.1, -0.05) is 0 Å². The molecule has 3 N–H and O–H groups in total. The predicted molar refractivity (Wildman–Crippen MR) is 107 cm³/mol. The highest BCUT2D eigenvalue weighted by Gasteiger charge is 2.34. The number of esters is 1. The Morgan fingerprint density at radius 2 is 1.97 bits per heavy atom. The number of carbonyl (C=O) groups is 3. The second-order valence-electron chi connectivity index (χ2n) is 7.58. The van der Waals surface area contributed by atoms with Crippen molar-refractivity contribution in [2.75, 3.05) is 37.4 Å². The topological polar surface area (TPSA) is 117 Å². The molecule has 0 aliphatic carbocycles. The van der Waals surface area contributed by atoms with E-state index in [4.69, 9.17) is 14.6 Å². The summed E-state index contributed by atoms with van der Waals surface area (Å²) in [4.78, 5) is 37.9. The van der Waals surface area contributed by atoms with Gasteiger partial charge in [-0.25, -0.2) is 9.59 Å². The number of aliphatic hydroxyl groups is 1. The molecule has 0 bridgehead atoms. The minimum absolute atomic E-state index is 0.0612. The van der Waals surface area contributed by atoms with Gasteiger partial charge in [0.05, 0.1) is 25.8 Å². The lowest BCUT2D eigenvalue weighted by molar-refractivity contribution is -0.136. The summed E-state index contributed by atoms with van der Waals surface area (Å²) in [6.07, 6.45) is -0.567. The molecule has 0 spiro atoms. The number of nitrogens with zero attached hydrogens (tertiary/aromatic N) is 1. The van der Waals surface area contributed by atoms with Crippen LogP contribution in [0.1, 0.15) is 26.3 Å². The monoisotopic (exact) mass is 405 g/mol. The summed E-state index contributed by atoms with van der Waals surface area (Å²) in [5.41, 5.74) is 1.55. The second-order valence-corrected chi connectivity index (χ2v) is 7.58. The van der Waals surface area contributed by atoms with Crippen molar-refractivity contribution in [3.05, 3.63) is 35.0 Å². The van der Waals surface area contributed by atoms with Gasteiger partial charge in [-0.15, -0.1) is 0 Å². The Morgan fingerprint density at radius 3 is 2.52 bits per heavy atom. The van der Waals surface area contributed by atoms with E-state index in [1.807, 2.05) is 0 Å². The fourth-order valence-corrected chi connectivity index (χ4v) is 2.79. The lowest BCUT2D eigenvalue weighted by Crippen LogP contribution is -2.31. The van der Waals surface area contributed by atoms with Crippen molar-refractivity contribution in [2.24, 2.45) is 0 Å². The van der Waals surface area contributed by atoms with E-state index in [1.54, 1.807) is 45.9 Å². The first kappa shape index (κ1) is 22.2. The third-order valence-corrected chi connectivity index (χ3v) is 4.08. The fraction of sp³-hybridized carbons (Fsp3) is 0.450. The number of benzene rings is 1. The van der Waals surface area contributed by atoms with E-state index in [1.165, 1.54) is 12.0 Å². The van der Waals surface area contributed by atoms with Crippen molar-refractivity contribution >= 4 is 29.3 Å². The first-order valence-electron chi connectivity index (χ1n) is 9.15. The Kier molecular flexibility index (Phi) is 6.86. The predicted octanol–water partition coefficient (Wildman–Crippen LogP) is 2.02. The van der Waals surface area contributed by atoms with Gasteiger partial charge in [-0.05, 0) is 51.5 Å². The van der Waals surface area contributed by atoms with Gasteiger partial charge in [-0.3, -0.25) is 10.1 Å². The van der Waals surface area contributed by atoms with Crippen LogP contribution in [0.3, 0.4) is 0 Å². The van der Waals surface area contributed by atoms with Crippen molar-refractivity contribution in [3.8, 4) is 0 Å². The number of aryl methyl sites for hydroxylation is 1. The molecular weight excluding hydrogens is 378 g/mol. The highest BCUT2D eigenvalue weighted by molar-refractivity contribution is 6.08. The number of aliphatic hydroxyl groups excluding tert-OH is 1. The number of hydrogen-bond donors (Lipinski definition) is 3. The van der Waals surface area contributed by atoms with Crippen molar-refractivity contribution in [2.45, 2.75) is 33.3 Å². The van der Waals surface area contributed by atoms with E-state index in [2.05, 4.69) is 10.6 Å². The van der Waals surface area contributed by atoms with Crippen LogP contribution in [-0.4, -0.2) is 60.4 Å². The molecule has 0 saturated heterocycles. The largest absolute Gasteiger partial charge is 0.466 e. The maximum Gasteiger partial charge on any atom is 0.412 e. The first-order chi connectivity index (χ1) is 13.6. The average molecular weight is 405 g/mol. The van der Waals surface area contributed by atoms with Crippen LogP contribution in [0.15, 0.2) is 29.5 Å². The summed E-state index contributed by atoms with van der Waals surface area (Å²) in [6, 6.07) is 5.07. The molecule has 29 heavy (non-hydrogen) atoms. The molecule has 1 aliphatic rings. The smallest absolute Gasteiger partial charge is 0.412 e. The SMILES string of the molecule is COC(=O)C1=C(Nc2ccc(NC(=O)OC(C)(C)C)c(C)c2)C(=O)N(CCO)C1. The number of carbonyl (C=O) groups excluding carboxylic acids is 3. The molecule has 158 valence electrons. The summed E-state index contributed by atoms with van der Waals surface area (Å²) in [7, 11) is 1.24. The van der Waals surface area contributed by atoms with Crippen molar-refractivity contribution < 1.29 is 29.0 Å². The zero-order valence-corrected chi connectivity index (χ0v) is 17.3. The number of methoxy groups -OCH3 is 1. The van der Waals surface area contributed by atoms with Crippen molar-refractivity contribution in [1.82, 2.24) is 4.90 Å². The Bertz CT molecular complexity index is 841. The number of anilines is 2. The maximum absolute atomic E-state index is 12.6. The number of nitrogens with one attached hydrogen (secondary N) is 2. The molecule has 1 aromatic rings. The molecule has 0 saturated carbocycles. The Morgan fingerprint density at radius 1 is 1.28 bits per heavy atom. The van der Waals surface area contributed by atoms with Crippen LogP contribution in [0.2, 0.25) is 0 Å². The van der Waals surface area contributed by atoms with E-state index in [9.17, 15) is 14.4 Å². The lowest BCUT2D eigenvalue weighted by Gasteiger charge is -2.20. The zero-order chi connectivity index (χ0) is 21.8. The molecule has 0 unspecified atom stereocenters. The number of rotatable bonds is 6. The Hall–Kier alpha value is -3.07. The minimum Gasteiger partial charge on any atom is -0.466 e. The molecule has 9 nitrogen and oxygen atoms in total. The van der Waals surface area contributed by atoms with Crippen LogP contribution < -0.4 is 10.6 Å². The molecule has 2 rings (SSSR count). The standard InChI is InChI=1S/C20H27N3O6/c1-12-10-13(6-7-15(12)22-19(27)29-20(2,3)4)21-16-14(18(26)28-5)11-23(8-9-24)17(16)25/h6-7,10,21,24H,8-9,11H2,1-5H3,(H,22,27). The number of ether oxygens (including phenoxy) is 2. The second kappa shape index (κ2) is 8.95. The van der Waals surface area contributed by atoms with Crippen molar-refractivity contribution in [3.63, 3.8) is 0 Å². The van der Waals surface area contributed by atoms with E-state index >= 15 is 0 Å². The van der Waals surface area contributed by atoms with Crippen LogP contribution >= 0.6 is 0 Å². The lowest BCUT2D eigenvalue weighted by atomic mass is 10.1. The van der Waals surface area contributed by atoms with Crippen molar-refractivity contribution in [1.29, 1.82) is 0 Å².